The second kappa shape index (κ2) is 8.62. The largest absolute Gasteiger partial charge is 0.494 e. The van der Waals surface area contributed by atoms with Crippen LogP contribution in [0.25, 0.3) is 11.0 Å². The second-order valence-corrected chi connectivity index (χ2v) is 6.60. The third-order valence-electron chi connectivity index (χ3n) is 3.65. The fraction of sp³-hybridized carbons (Fsp3) is 0.263. The number of para-hydroxylation sites is 2. The molecule has 0 unspecified atom stereocenters. The van der Waals surface area contributed by atoms with Crippen molar-refractivity contribution in [3.05, 3.63) is 48.5 Å². The minimum atomic E-state index is -0.388. The van der Waals surface area contributed by atoms with Crippen molar-refractivity contribution in [3.8, 4) is 11.5 Å². The van der Waals surface area contributed by atoms with E-state index in [1.165, 1.54) is 11.8 Å². The van der Waals surface area contributed by atoms with Crippen molar-refractivity contribution in [2.24, 2.45) is 5.73 Å². The molecule has 7 heteroatoms. The third kappa shape index (κ3) is 4.49. The zero-order chi connectivity index (χ0) is 18.4. The summed E-state index contributed by atoms with van der Waals surface area (Å²) in [5, 5.41) is 0.764. The van der Waals surface area contributed by atoms with E-state index >= 15 is 0 Å². The van der Waals surface area contributed by atoms with E-state index in [0.717, 1.165) is 27.7 Å². The number of nitrogens with two attached hydrogens (primary N) is 1. The minimum Gasteiger partial charge on any atom is -0.494 e. The van der Waals surface area contributed by atoms with Crippen LogP contribution in [0.5, 0.6) is 11.5 Å². The van der Waals surface area contributed by atoms with Gasteiger partial charge in [0.15, 0.2) is 5.16 Å². The Balaban J connectivity index is 1.60. The minimum absolute atomic E-state index is 0.114. The fourth-order valence-corrected chi connectivity index (χ4v) is 3.39. The lowest BCUT2D eigenvalue weighted by molar-refractivity contribution is -0.118. The summed E-state index contributed by atoms with van der Waals surface area (Å²) in [4.78, 5) is 16.0. The Kier molecular flexibility index (Phi) is 6.01. The van der Waals surface area contributed by atoms with Crippen LogP contribution in [0, 0.1) is 0 Å². The van der Waals surface area contributed by atoms with E-state index < -0.39 is 0 Å². The van der Waals surface area contributed by atoms with Gasteiger partial charge in [0.25, 0.3) is 0 Å². The number of hydrogen-bond donors (Lipinski definition) is 1. The highest BCUT2D eigenvalue weighted by Gasteiger charge is 2.12. The first-order valence-corrected chi connectivity index (χ1v) is 9.38. The quantitative estimate of drug-likeness (QED) is 0.462. The molecule has 0 saturated heterocycles. The van der Waals surface area contributed by atoms with E-state index in [4.69, 9.17) is 15.2 Å². The molecule has 0 aliphatic rings. The van der Waals surface area contributed by atoms with Crippen molar-refractivity contribution in [3.63, 3.8) is 0 Å². The van der Waals surface area contributed by atoms with Crippen molar-refractivity contribution in [1.29, 1.82) is 0 Å². The molecule has 0 saturated carbocycles. The maximum absolute atomic E-state index is 11.4. The van der Waals surface area contributed by atoms with Crippen LogP contribution in [0.1, 0.15) is 6.92 Å². The Hall–Kier alpha value is -2.67. The standard InChI is InChI=1S/C19H21N3O3S/c1-2-24-14-7-9-15(10-8-14)25-11-12-26-19-21-16-5-3-4-6-17(16)22(19)13-18(20)23/h3-10H,2,11-13H2,1H3,(H2,20,23). The molecule has 0 spiro atoms. The average molecular weight is 371 g/mol. The number of carbonyl (C=O) groups is 1. The van der Waals surface area contributed by atoms with Gasteiger partial charge in [-0.3, -0.25) is 4.79 Å². The first-order chi connectivity index (χ1) is 12.7. The van der Waals surface area contributed by atoms with E-state index in [1.54, 1.807) is 0 Å². The van der Waals surface area contributed by atoms with E-state index in [9.17, 15) is 4.79 Å². The highest BCUT2D eigenvalue weighted by Crippen LogP contribution is 2.24. The van der Waals surface area contributed by atoms with Gasteiger partial charge in [-0.1, -0.05) is 23.9 Å². The lowest BCUT2D eigenvalue weighted by atomic mass is 10.3. The van der Waals surface area contributed by atoms with Gasteiger partial charge in [-0.2, -0.15) is 0 Å². The van der Waals surface area contributed by atoms with Gasteiger partial charge in [0.05, 0.1) is 24.2 Å². The molecule has 2 aromatic carbocycles. The molecule has 0 bridgehead atoms. The number of imidazole rings is 1. The summed E-state index contributed by atoms with van der Waals surface area (Å²) in [6.45, 7) is 3.23. The molecule has 1 aromatic heterocycles. The summed E-state index contributed by atoms with van der Waals surface area (Å²) < 4.78 is 13.0. The van der Waals surface area contributed by atoms with Crippen LogP contribution < -0.4 is 15.2 Å². The highest BCUT2D eigenvalue weighted by molar-refractivity contribution is 7.99. The van der Waals surface area contributed by atoms with Gasteiger partial charge in [-0.25, -0.2) is 4.98 Å². The third-order valence-corrected chi connectivity index (χ3v) is 4.59. The number of amides is 1. The summed E-state index contributed by atoms with van der Waals surface area (Å²) in [5.41, 5.74) is 7.13. The molecular formula is C19H21N3O3S. The number of benzene rings is 2. The molecule has 3 aromatic rings. The van der Waals surface area contributed by atoms with Crippen LogP contribution in [0.3, 0.4) is 0 Å². The van der Waals surface area contributed by atoms with E-state index in [-0.39, 0.29) is 12.5 Å². The Labute approximate surface area is 156 Å². The van der Waals surface area contributed by atoms with Crippen LogP contribution in [0.15, 0.2) is 53.7 Å². The van der Waals surface area contributed by atoms with E-state index in [2.05, 4.69) is 4.98 Å². The average Bonchev–Trinajstić information content (AvgIpc) is 2.97. The molecule has 1 amide bonds. The van der Waals surface area contributed by atoms with E-state index in [0.29, 0.717) is 19.0 Å². The van der Waals surface area contributed by atoms with Crippen LogP contribution >= 0.6 is 11.8 Å². The Morgan fingerprint density at radius 1 is 1.12 bits per heavy atom. The molecule has 0 aliphatic carbocycles. The van der Waals surface area contributed by atoms with Crippen LogP contribution in [0.4, 0.5) is 0 Å². The molecule has 6 nitrogen and oxygen atoms in total. The molecular weight excluding hydrogens is 350 g/mol. The molecule has 136 valence electrons. The summed E-state index contributed by atoms with van der Waals surface area (Å²) >= 11 is 1.54. The molecule has 0 atom stereocenters. The number of ether oxygens (including phenoxy) is 2. The van der Waals surface area contributed by atoms with Crippen LogP contribution in [-0.2, 0) is 11.3 Å². The van der Waals surface area contributed by atoms with Crippen molar-refractivity contribution in [1.82, 2.24) is 9.55 Å². The number of aromatic nitrogens is 2. The number of hydrogen-bond acceptors (Lipinski definition) is 5. The topological polar surface area (TPSA) is 79.4 Å². The Bertz CT molecular complexity index is 877. The summed E-state index contributed by atoms with van der Waals surface area (Å²) in [7, 11) is 0. The van der Waals surface area contributed by atoms with Gasteiger partial charge in [0, 0.05) is 5.75 Å². The highest BCUT2D eigenvalue weighted by atomic mass is 32.2. The lowest BCUT2D eigenvalue weighted by Crippen LogP contribution is -2.19. The number of rotatable bonds is 9. The van der Waals surface area contributed by atoms with Crippen molar-refractivity contribution in [2.45, 2.75) is 18.6 Å². The SMILES string of the molecule is CCOc1ccc(OCCSc2nc3ccccc3n2CC(N)=O)cc1. The number of fused-ring (bicyclic) bond motifs is 1. The molecule has 2 N–H and O–H groups in total. The zero-order valence-electron chi connectivity index (χ0n) is 14.6. The number of primary amides is 1. The summed E-state index contributed by atoms with van der Waals surface area (Å²) in [5.74, 6) is 1.93. The van der Waals surface area contributed by atoms with Crippen molar-refractivity contribution >= 4 is 28.7 Å². The number of thioether (sulfide) groups is 1. The molecule has 26 heavy (non-hydrogen) atoms. The smallest absolute Gasteiger partial charge is 0.237 e. The Morgan fingerprint density at radius 2 is 1.81 bits per heavy atom. The molecule has 0 radical (unpaired) electrons. The first kappa shape index (κ1) is 18.1. The zero-order valence-corrected chi connectivity index (χ0v) is 15.4. The van der Waals surface area contributed by atoms with Gasteiger partial charge in [0.2, 0.25) is 5.91 Å². The predicted molar refractivity (Wildman–Crippen MR) is 103 cm³/mol. The number of nitrogens with zero attached hydrogens (tertiary/aromatic N) is 2. The van der Waals surface area contributed by atoms with Gasteiger partial charge in [0.1, 0.15) is 18.0 Å². The van der Waals surface area contributed by atoms with Crippen LogP contribution in [0.2, 0.25) is 0 Å². The van der Waals surface area contributed by atoms with Gasteiger partial charge < -0.3 is 19.8 Å². The van der Waals surface area contributed by atoms with Crippen molar-refractivity contribution in [2.75, 3.05) is 19.0 Å². The van der Waals surface area contributed by atoms with E-state index in [1.807, 2.05) is 60.0 Å². The molecule has 0 fully saturated rings. The summed E-state index contributed by atoms with van der Waals surface area (Å²) in [6.07, 6.45) is 0. The Morgan fingerprint density at radius 3 is 2.50 bits per heavy atom. The normalized spacial score (nSPS) is 10.8. The van der Waals surface area contributed by atoms with Gasteiger partial charge >= 0.3 is 0 Å². The fourth-order valence-electron chi connectivity index (χ4n) is 2.56. The predicted octanol–water partition coefficient (Wildman–Crippen LogP) is 3.09. The first-order valence-electron chi connectivity index (χ1n) is 8.39. The van der Waals surface area contributed by atoms with Crippen LogP contribution in [-0.4, -0.2) is 34.4 Å². The summed E-state index contributed by atoms with van der Waals surface area (Å²) in [6, 6.07) is 15.3. The molecule has 1 heterocycles. The molecule has 3 rings (SSSR count). The lowest BCUT2D eigenvalue weighted by Gasteiger charge is -2.08. The molecule has 0 aliphatic heterocycles. The van der Waals surface area contributed by atoms with Gasteiger partial charge in [-0.05, 0) is 43.3 Å². The second-order valence-electron chi connectivity index (χ2n) is 5.54. The number of carbonyl (C=O) groups excluding carboxylic acids is 1. The van der Waals surface area contributed by atoms with Gasteiger partial charge in [-0.15, -0.1) is 0 Å². The monoisotopic (exact) mass is 371 g/mol. The maximum Gasteiger partial charge on any atom is 0.237 e. The van der Waals surface area contributed by atoms with Crippen molar-refractivity contribution < 1.29 is 14.3 Å². The maximum atomic E-state index is 11.4.